The monoisotopic (exact) mass is 231 g/mol. The number of halogens is 1. The van der Waals surface area contributed by atoms with E-state index in [4.69, 9.17) is 11.6 Å². The molecule has 0 radical (unpaired) electrons. The smallest absolute Gasteiger partial charge is 0.0491 e. The van der Waals surface area contributed by atoms with Crippen molar-refractivity contribution in [1.29, 1.82) is 0 Å². The first-order chi connectivity index (χ1) is 7.19. The van der Waals surface area contributed by atoms with E-state index < -0.39 is 0 Å². The molecule has 0 spiro atoms. The molecule has 0 amide bonds. The first-order valence-corrected chi connectivity index (χ1v) is 6.97. The van der Waals surface area contributed by atoms with Crippen LogP contribution in [0.3, 0.4) is 0 Å². The predicted octanol–water partition coefficient (Wildman–Crippen LogP) is 3.90. The van der Waals surface area contributed by atoms with E-state index in [-0.39, 0.29) is 0 Å². The van der Waals surface area contributed by atoms with Crippen LogP contribution in [-0.4, -0.2) is 29.9 Å². The molecule has 1 rings (SSSR count). The molecule has 1 aliphatic rings. The van der Waals surface area contributed by atoms with Gasteiger partial charge >= 0.3 is 0 Å². The van der Waals surface area contributed by atoms with E-state index in [0.29, 0.717) is 11.4 Å². The molecular formula is C13H26ClN. The van der Waals surface area contributed by atoms with E-state index in [1.807, 2.05) is 0 Å². The normalized spacial score (nSPS) is 27.6. The highest BCUT2D eigenvalue weighted by Crippen LogP contribution is 2.27. The third-order valence-electron chi connectivity index (χ3n) is 3.91. The molecule has 0 saturated heterocycles. The highest BCUT2D eigenvalue weighted by atomic mass is 35.5. The molecule has 0 N–H and O–H groups in total. The second-order valence-corrected chi connectivity index (χ2v) is 5.55. The van der Waals surface area contributed by atoms with Crippen LogP contribution in [0.2, 0.25) is 0 Å². The average molecular weight is 232 g/mol. The Labute approximate surface area is 100 Å². The first kappa shape index (κ1) is 13.3. The van der Waals surface area contributed by atoms with Gasteiger partial charge in [-0.15, -0.1) is 11.6 Å². The minimum Gasteiger partial charge on any atom is -0.302 e. The first-order valence-electron chi connectivity index (χ1n) is 6.53. The van der Waals surface area contributed by atoms with Crippen LogP contribution in [-0.2, 0) is 0 Å². The van der Waals surface area contributed by atoms with E-state index in [2.05, 4.69) is 25.8 Å². The minimum atomic E-state index is 0.387. The quantitative estimate of drug-likeness (QED) is 0.649. The molecule has 0 bridgehead atoms. The fourth-order valence-corrected chi connectivity index (χ4v) is 3.12. The minimum absolute atomic E-state index is 0.387. The molecule has 0 aromatic carbocycles. The Hall–Kier alpha value is 0.250. The van der Waals surface area contributed by atoms with E-state index >= 15 is 0 Å². The van der Waals surface area contributed by atoms with Gasteiger partial charge in [0.1, 0.15) is 0 Å². The Kier molecular flexibility index (Phi) is 5.99. The van der Waals surface area contributed by atoms with Gasteiger partial charge in [0.25, 0.3) is 0 Å². The van der Waals surface area contributed by atoms with Crippen LogP contribution in [0.4, 0.5) is 0 Å². The van der Waals surface area contributed by atoms with Crippen LogP contribution in [0, 0.1) is 5.92 Å². The molecular weight excluding hydrogens is 206 g/mol. The van der Waals surface area contributed by atoms with E-state index in [0.717, 1.165) is 5.92 Å². The summed E-state index contributed by atoms with van der Waals surface area (Å²) >= 11 is 6.41. The Balaban J connectivity index is 2.40. The highest BCUT2D eigenvalue weighted by molar-refractivity contribution is 6.21. The lowest BCUT2D eigenvalue weighted by Crippen LogP contribution is -2.42. The molecule has 2 atom stereocenters. The summed E-state index contributed by atoms with van der Waals surface area (Å²) < 4.78 is 0. The summed E-state index contributed by atoms with van der Waals surface area (Å²) in [6.45, 7) is 5.81. The second kappa shape index (κ2) is 6.75. The molecule has 15 heavy (non-hydrogen) atoms. The van der Waals surface area contributed by atoms with Crippen molar-refractivity contribution >= 4 is 11.6 Å². The van der Waals surface area contributed by atoms with Gasteiger partial charge in [0, 0.05) is 18.0 Å². The Morgan fingerprint density at radius 3 is 2.33 bits per heavy atom. The molecule has 0 aromatic heterocycles. The van der Waals surface area contributed by atoms with Crippen molar-refractivity contribution in [2.45, 2.75) is 63.8 Å². The maximum Gasteiger partial charge on any atom is 0.0491 e. The van der Waals surface area contributed by atoms with E-state index in [1.165, 1.54) is 45.1 Å². The third-order valence-corrected chi connectivity index (χ3v) is 4.42. The molecule has 2 heteroatoms. The van der Waals surface area contributed by atoms with Crippen molar-refractivity contribution in [2.24, 2.45) is 5.92 Å². The molecule has 1 saturated carbocycles. The molecule has 0 aliphatic heterocycles. The second-order valence-electron chi connectivity index (χ2n) is 4.99. The average Bonchev–Trinajstić information content (AvgIpc) is 2.26. The van der Waals surface area contributed by atoms with Crippen molar-refractivity contribution in [3.63, 3.8) is 0 Å². The Morgan fingerprint density at radius 2 is 1.80 bits per heavy atom. The van der Waals surface area contributed by atoms with Crippen LogP contribution < -0.4 is 0 Å². The van der Waals surface area contributed by atoms with E-state index in [9.17, 15) is 0 Å². The van der Waals surface area contributed by atoms with Crippen LogP contribution in [0.25, 0.3) is 0 Å². The van der Waals surface area contributed by atoms with Gasteiger partial charge in [0.05, 0.1) is 0 Å². The van der Waals surface area contributed by atoms with Gasteiger partial charge in [0.15, 0.2) is 0 Å². The largest absolute Gasteiger partial charge is 0.302 e. The van der Waals surface area contributed by atoms with Gasteiger partial charge in [-0.05, 0) is 25.8 Å². The van der Waals surface area contributed by atoms with Crippen LogP contribution in [0.5, 0.6) is 0 Å². The summed E-state index contributed by atoms with van der Waals surface area (Å²) in [6, 6.07) is 0.626. The van der Waals surface area contributed by atoms with Crippen LogP contribution in [0.1, 0.15) is 52.4 Å². The van der Waals surface area contributed by atoms with Gasteiger partial charge in [-0.1, -0.05) is 39.5 Å². The van der Waals surface area contributed by atoms with Crippen LogP contribution in [0.15, 0.2) is 0 Å². The van der Waals surface area contributed by atoms with Gasteiger partial charge < -0.3 is 4.90 Å². The lowest BCUT2D eigenvalue weighted by Gasteiger charge is -2.36. The third kappa shape index (κ3) is 3.96. The number of alkyl halides is 1. The summed E-state index contributed by atoms with van der Waals surface area (Å²) in [5.74, 6) is 0.848. The zero-order valence-corrected chi connectivity index (χ0v) is 11.3. The number of hydrogen-bond donors (Lipinski definition) is 0. The summed E-state index contributed by atoms with van der Waals surface area (Å²) in [6.07, 6.45) is 7.77. The van der Waals surface area contributed by atoms with Crippen molar-refractivity contribution in [1.82, 2.24) is 4.90 Å². The lowest BCUT2D eigenvalue weighted by molar-refractivity contribution is 0.166. The predicted molar refractivity (Wildman–Crippen MR) is 68.6 cm³/mol. The number of hydrogen-bond acceptors (Lipinski definition) is 1. The molecule has 0 aromatic rings. The summed E-state index contributed by atoms with van der Waals surface area (Å²) in [4.78, 5) is 2.51. The van der Waals surface area contributed by atoms with Crippen molar-refractivity contribution < 1.29 is 0 Å². The van der Waals surface area contributed by atoms with Crippen molar-refractivity contribution in [3.8, 4) is 0 Å². The zero-order valence-electron chi connectivity index (χ0n) is 10.5. The standard InChI is InChI=1S/C13H26ClN/c1-4-11(5-2)10-15(3)13-9-7-6-8-12(13)14/h11-13H,4-10H2,1-3H3. The topological polar surface area (TPSA) is 3.24 Å². The molecule has 1 nitrogen and oxygen atoms in total. The van der Waals surface area contributed by atoms with Gasteiger partial charge in [-0.2, -0.15) is 0 Å². The van der Waals surface area contributed by atoms with Gasteiger partial charge in [-0.25, -0.2) is 0 Å². The van der Waals surface area contributed by atoms with Crippen LogP contribution >= 0.6 is 11.6 Å². The maximum atomic E-state index is 6.41. The molecule has 0 heterocycles. The summed E-state index contributed by atoms with van der Waals surface area (Å²) in [7, 11) is 2.25. The molecule has 90 valence electrons. The number of rotatable bonds is 5. The SMILES string of the molecule is CCC(CC)CN(C)C1CCCCC1Cl. The van der Waals surface area contributed by atoms with E-state index in [1.54, 1.807) is 0 Å². The zero-order chi connectivity index (χ0) is 11.3. The van der Waals surface area contributed by atoms with Crippen molar-refractivity contribution in [3.05, 3.63) is 0 Å². The fraction of sp³-hybridized carbons (Fsp3) is 1.00. The number of nitrogens with zero attached hydrogens (tertiary/aromatic N) is 1. The fourth-order valence-electron chi connectivity index (χ4n) is 2.65. The highest BCUT2D eigenvalue weighted by Gasteiger charge is 2.27. The Morgan fingerprint density at radius 1 is 1.20 bits per heavy atom. The maximum absolute atomic E-state index is 6.41. The molecule has 1 aliphatic carbocycles. The summed E-state index contributed by atoms with van der Waals surface area (Å²) in [5, 5.41) is 0.387. The summed E-state index contributed by atoms with van der Waals surface area (Å²) in [5.41, 5.74) is 0. The van der Waals surface area contributed by atoms with Crippen molar-refractivity contribution in [2.75, 3.05) is 13.6 Å². The van der Waals surface area contributed by atoms with Gasteiger partial charge in [-0.3, -0.25) is 0 Å². The lowest BCUT2D eigenvalue weighted by atomic mass is 9.92. The molecule has 1 fully saturated rings. The van der Waals surface area contributed by atoms with Gasteiger partial charge in [0.2, 0.25) is 0 Å². The Bertz CT molecular complexity index is 168. The molecule has 2 unspecified atom stereocenters.